The minimum atomic E-state index is -0.710. The van der Waals surface area contributed by atoms with Crippen LogP contribution in [-0.2, 0) is 41.4 Å². The van der Waals surface area contributed by atoms with Crippen molar-refractivity contribution in [3.8, 4) is 11.5 Å². The van der Waals surface area contributed by atoms with E-state index in [0.29, 0.717) is 89.7 Å². The van der Waals surface area contributed by atoms with E-state index < -0.39 is 11.9 Å². The number of rotatable bonds is 28. The number of esters is 1. The van der Waals surface area contributed by atoms with E-state index in [-0.39, 0.29) is 36.5 Å². The number of aryl methyl sites for hydroxylation is 1. The Balaban J connectivity index is 0.730. The number of hydrogen-bond acceptors (Lipinski definition) is 11. The van der Waals surface area contributed by atoms with Gasteiger partial charge in [0.1, 0.15) is 11.5 Å². The number of ketones is 1. The number of nitrogens with two attached hydrogens (primary N) is 1. The molecule has 326 valence electrons. The van der Waals surface area contributed by atoms with Gasteiger partial charge in [0, 0.05) is 31.7 Å². The van der Waals surface area contributed by atoms with Crippen LogP contribution in [0, 0.1) is 0 Å². The summed E-state index contributed by atoms with van der Waals surface area (Å²) in [6, 6.07) is 31.9. The number of phenols is 1. The molecular weight excluding hydrogens is 789 g/mol. The molecule has 6 aromatic rings. The molecule has 0 saturated carbocycles. The smallest absolute Gasteiger partial charge is 0.311 e. The molecule has 0 aliphatic rings. The van der Waals surface area contributed by atoms with Crippen LogP contribution < -0.4 is 26.4 Å². The van der Waals surface area contributed by atoms with Crippen molar-refractivity contribution in [3.05, 3.63) is 120 Å². The summed E-state index contributed by atoms with van der Waals surface area (Å²) in [6.07, 6.45) is 3.39. The molecule has 2 amide bonds. The molecule has 0 heterocycles. The average molecular weight is 845 g/mol. The van der Waals surface area contributed by atoms with Gasteiger partial charge >= 0.3 is 5.97 Å². The van der Waals surface area contributed by atoms with E-state index in [0.717, 1.165) is 18.4 Å². The summed E-state index contributed by atoms with van der Waals surface area (Å²) in [5.41, 5.74) is 8.04. The van der Waals surface area contributed by atoms with E-state index in [1.807, 2.05) is 0 Å². The summed E-state index contributed by atoms with van der Waals surface area (Å²) < 4.78 is 22.3. The van der Waals surface area contributed by atoms with E-state index >= 15 is 0 Å². The number of carbonyl (C=O) groups is 4. The monoisotopic (exact) mass is 844 g/mol. The first-order chi connectivity index (χ1) is 30.2. The predicted molar refractivity (Wildman–Crippen MR) is 240 cm³/mol. The molecule has 6 rings (SSSR count). The number of amides is 2. The number of primary amides is 1. The zero-order chi connectivity index (χ0) is 43.5. The molecule has 0 fully saturated rings. The fraction of sp³-hybridized carbons (Fsp3) is 0.347. The van der Waals surface area contributed by atoms with Gasteiger partial charge in [0.2, 0.25) is 11.8 Å². The van der Waals surface area contributed by atoms with Crippen LogP contribution in [0.3, 0.4) is 0 Å². The molecule has 13 heteroatoms. The van der Waals surface area contributed by atoms with Crippen molar-refractivity contribution >= 4 is 55.9 Å². The molecule has 0 bridgehead atoms. The number of hydrogen-bond donors (Lipinski definition) is 5. The van der Waals surface area contributed by atoms with Gasteiger partial charge in [-0.15, -0.1) is 0 Å². The minimum Gasteiger partial charge on any atom is -0.508 e. The SMILES string of the molecule is NC(=O)[C@H](Cc1ccc(O)cc1)NCC(=O)NCCCOCCOCCOCCCNCC(=O)c1ccc(OC(=O)CCCc2ccc3ccc4cccc5ccc2c3c45)cc1. The Hall–Kier alpha value is -5.96. The lowest BCUT2D eigenvalue weighted by molar-refractivity contribution is -0.134. The van der Waals surface area contributed by atoms with E-state index in [1.54, 1.807) is 36.4 Å². The summed E-state index contributed by atoms with van der Waals surface area (Å²) in [7, 11) is 0. The molecule has 0 aliphatic carbocycles. The first-order valence-electron chi connectivity index (χ1n) is 21.3. The second kappa shape index (κ2) is 23.9. The molecule has 1 atom stereocenters. The maximum Gasteiger partial charge on any atom is 0.311 e. The summed E-state index contributed by atoms with van der Waals surface area (Å²) >= 11 is 0. The molecule has 0 aliphatic heterocycles. The van der Waals surface area contributed by atoms with Crippen LogP contribution in [0.5, 0.6) is 11.5 Å². The maximum atomic E-state index is 12.7. The van der Waals surface area contributed by atoms with Crippen molar-refractivity contribution in [3.63, 3.8) is 0 Å². The standard InChI is InChI=1S/C49H56N4O9/c50-49(58)43(31-34-9-18-40(54)19-10-34)53-33-45(56)52-24-4-26-60-28-30-61-29-27-59-25-3-23-51-32-44(55)36-15-20-41(21-16-36)62-46(57)8-2-5-35-11-12-39-14-13-37-6-1-7-38-17-22-42(35)48(39)47(37)38/h1,6-7,9-22,43,51,53-54H,2-5,8,23-33H2,(H2,50,58)(H,52,56)/t43-/m0/s1. The Labute approximate surface area is 361 Å². The summed E-state index contributed by atoms with van der Waals surface area (Å²) in [6.45, 7) is 3.90. The van der Waals surface area contributed by atoms with Gasteiger partial charge in [-0.1, -0.05) is 66.7 Å². The molecule has 0 radical (unpaired) electrons. The van der Waals surface area contributed by atoms with Crippen molar-refractivity contribution in [2.75, 3.05) is 65.8 Å². The number of carbonyl (C=O) groups excluding carboxylic acids is 4. The van der Waals surface area contributed by atoms with Crippen molar-refractivity contribution in [2.24, 2.45) is 5.73 Å². The number of phenolic OH excluding ortho intramolecular Hbond substituents is 1. The number of aromatic hydroxyl groups is 1. The van der Waals surface area contributed by atoms with Crippen molar-refractivity contribution < 1.29 is 43.2 Å². The van der Waals surface area contributed by atoms with Gasteiger partial charge in [0.25, 0.3) is 0 Å². The zero-order valence-corrected chi connectivity index (χ0v) is 35.0. The molecule has 0 aromatic heterocycles. The Morgan fingerprint density at radius 2 is 1.27 bits per heavy atom. The molecule has 0 saturated heterocycles. The fourth-order valence-corrected chi connectivity index (χ4v) is 7.29. The Kier molecular flexibility index (Phi) is 17.6. The van der Waals surface area contributed by atoms with Crippen LogP contribution in [0.25, 0.3) is 32.3 Å². The quantitative estimate of drug-likeness (QED) is 0.0136. The maximum absolute atomic E-state index is 12.7. The summed E-state index contributed by atoms with van der Waals surface area (Å²) in [5, 5.41) is 25.7. The van der Waals surface area contributed by atoms with Gasteiger partial charge in [0.15, 0.2) is 5.78 Å². The summed E-state index contributed by atoms with van der Waals surface area (Å²) in [5.74, 6) is -0.616. The van der Waals surface area contributed by atoms with Crippen LogP contribution in [0.15, 0.2) is 103 Å². The van der Waals surface area contributed by atoms with Crippen LogP contribution in [0.2, 0.25) is 0 Å². The second-order valence-electron chi connectivity index (χ2n) is 15.1. The number of Topliss-reactive ketones (excluding diaryl/α,β-unsaturated/α-hetero) is 1. The zero-order valence-electron chi connectivity index (χ0n) is 35.0. The van der Waals surface area contributed by atoms with Crippen LogP contribution in [-0.4, -0.2) is 101 Å². The van der Waals surface area contributed by atoms with E-state index in [4.69, 9.17) is 24.7 Å². The first-order valence-corrected chi connectivity index (χ1v) is 21.3. The highest BCUT2D eigenvalue weighted by Crippen LogP contribution is 2.36. The highest BCUT2D eigenvalue weighted by Gasteiger charge is 2.17. The van der Waals surface area contributed by atoms with E-state index in [1.165, 1.54) is 50.0 Å². The normalized spacial score (nSPS) is 11.9. The van der Waals surface area contributed by atoms with Gasteiger partial charge in [0.05, 0.1) is 45.6 Å². The average Bonchev–Trinajstić information content (AvgIpc) is 3.27. The van der Waals surface area contributed by atoms with Gasteiger partial charge in [-0.25, -0.2) is 0 Å². The van der Waals surface area contributed by atoms with Crippen molar-refractivity contribution in [1.82, 2.24) is 16.0 Å². The Morgan fingerprint density at radius 1 is 0.645 bits per heavy atom. The second-order valence-corrected chi connectivity index (χ2v) is 15.1. The van der Waals surface area contributed by atoms with Crippen LogP contribution in [0.1, 0.15) is 47.2 Å². The van der Waals surface area contributed by atoms with Gasteiger partial charge in [-0.05, 0) is 118 Å². The van der Waals surface area contributed by atoms with Crippen molar-refractivity contribution in [2.45, 2.75) is 44.6 Å². The molecule has 6 aromatic carbocycles. The topological polar surface area (TPSA) is 188 Å². The number of ether oxygens (including phenoxy) is 4. The lowest BCUT2D eigenvalue weighted by Gasteiger charge is -2.15. The highest BCUT2D eigenvalue weighted by molar-refractivity contribution is 6.23. The lowest BCUT2D eigenvalue weighted by Crippen LogP contribution is -2.47. The Morgan fingerprint density at radius 3 is 1.97 bits per heavy atom. The fourth-order valence-electron chi connectivity index (χ4n) is 7.29. The molecule has 6 N–H and O–H groups in total. The van der Waals surface area contributed by atoms with E-state index in [2.05, 4.69) is 70.5 Å². The Bertz CT molecular complexity index is 2350. The van der Waals surface area contributed by atoms with E-state index in [9.17, 15) is 24.3 Å². The van der Waals surface area contributed by atoms with Gasteiger partial charge in [-0.2, -0.15) is 0 Å². The first kappa shape index (κ1) is 45.6. The molecular formula is C49H56N4O9. The third-order valence-electron chi connectivity index (χ3n) is 10.5. The molecule has 13 nitrogen and oxygen atoms in total. The number of benzene rings is 6. The molecule has 0 unspecified atom stereocenters. The van der Waals surface area contributed by atoms with Crippen LogP contribution in [0.4, 0.5) is 0 Å². The third kappa shape index (κ3) is 13.8. The van der Waals surface area contributed by atoms with Crippen LogP contribution >= 0.6 is 0 Å². The van der Waals surface area contributed by atoms with Gasteiger partial charge in [-0.3, -0.25) is 24.5 Å². The third-order valence-corrected chi connectivity index (χ3v) is 10.5. The minimum absolute atomic E-state index is 0.0515. The molecule has 0 spiro atoms. The largest absolute Gasteiger partial charge is 0.508 e. The lowest BCUT2D eigenvalue weighted by atomic mass is 9.90. The highest BCUT2D eigenvalue weighted by atomic mass is 16.5. The van der Waals surface area contributed by atoms with Gasteiger partial charge < -0.3 is 40.4 Å². The van der Waals surface area contributed by atoms with Crippen molar-refractivity contribution in [1.29, 1.82) is 0 Å². The predicted octanol–water partition coefficient (Wildman–Crippen LogP) is 5.62. The summed E-state index contributed by atoms with van der Waals surface area (Å²) in [4.78, 5) is 49.3. The molecule has 62 heavy (non-hydrogen) atoms. The number of nitrogens with one attached hydrogen (secondary N) is 3.